The maximum Gasteiger partial charge on any atom is 0.204 e. The fourth-order valence-electron chi connectivity index (χ4n) is 2.53. The molecule has 0 aliphatic carbocycles. The van der Waals surface area contributed by atoms with Crippen LogP contribution in [0.15, 0.2) is 6.20 Å². The number of methoxy groups -OCH3 is 1. The molecule has 1 rings (SSSR count). The molecule has 5 heteroatoms. The zero-order valence-electron chi connectivity index (χ0n) is 12.9. The standard InChI is InChI=1S/C14H25N3O2/c1-7-14(4,17(8-2)9-3)13(18)12-11(19-6)10-15-16(12)5/h10H,7-9H2,1-6H3. The van der Waals surface area contributed by atoms with Gasteiger partial charge in [-0.3, -0.25) is 14.4 Å². The summed E-state index contributed by atoms with van der Waals surface area (Å²) in [6, 6.07) is 0. The average Bonchev–Trinajstić information content (AvgIpc) is 2.79. The predicted octanol–water partition coefficient (Wildman–Crippen LogP) is 2.12. The number of carbonyl (C=O) groups is 1. The maximum atomic E-state index is 12.9. The van der Waals surface area contributed by atoms with Crippen molar-refractivity contribution in [1.82, 2.24) is 14.7 Å². The van der Waals surface area contributed by atoms with Gasteiger partial charge in [-0.1, -0.05) is 20.8 Å². The van der Waals surface area contributed by atoms with E-state index in [1.165, 1.54) is 0 Å². The molecular formula is C14H25N3O2. The van der Waals surface area contributed by atoms with Gasteiger partial charge in [-0.25, -0.2) is 0 Å². The van der Waals surface area contributed by atoms with Crippen molar-refractivity contribution in [1.29, 1.82) is 0 Å². The molecule has 1 aromatic heterocycles. The molecule has 19 heavy (non-hydrogen) atoms. The van der Waals surface area contributed by atoms with Gasteiger partial charge in [0.25, 0.3) is 0 Å². The topological polar surface area (TPSA) is 47.4 Å². The lowest BCUT2D eigenvalue weighted by molar-refractivity contribution is 0.0594. The number of nitrogens with zero attached hydrogens (tertiary/aromatic N) is 3. The summed E-state index contributed by atoms with van der Waals surface area (Å²) in [6.45, 7) is 9.86. The van der Waals surface area contributed by atoms with E-state index >= 15 is 0 Å². The summed E-state index contributed by atoms with van der Waals surface area (Å²) in [6.07, 6.45) is 2.34. The summed E-state index contributed by atoms with van der Waals surface area (Å²) in [5, 5.41) is 4.12. The second-order valence-corrected chi connectivity index (χ2v) is 4.81. The molecule has 1 unspecified atom stereocenters. The van der Waals surface area contributed by atoms with Crippen LogP contribution < -0.4 is 4.74 Å². The third kappa shape index (κ3) is 2.66. The lowest BCUT2D eigenvalue weighted by Crippen LogP contribution is -2.52. The second-order valence-electron chi connectivity index (χ2n) is 4.81. The number of carbonyl (C=O) groups excluding carboxylic acids is 1. The molecule has 0 aliphatic rings. The SMILES string of the molecule is CCN(CC)C(C)(CC)C(=O)c1c(OC)cnn1C. The van der Waals surface area contributed by atoms with Crippen LogP contribution in [0.25, 0.3) is 0 Å². The van der Waals surface area contributed by atoms with E-state index in [0.29, 0.717) is 11.4 Å². The van der Waals surface area contributed by atoms with Crippen molar-refractivity contribution < 1.29 is 9.53 Å². The third-order valence-electron chi connectivity index (χ3n) is 3.98. The number of ketones is 1. The Kier molecular flexibility index (Phi) is 5.11. The molecule has 108 valence electrons. The highest BCUT2D eigenvalue weighted by Gasteiger charge is 2.39. The molecule has 0 bridgehead atoms. The Morgan fingerprint density at radius 2 is 2.00 bits per heavy atom. The quantitative estimate of drug-likeness (QED) is 0.710. The van der Waals surface area contributed by atoms with Gasteiger partial charge >= 0.3 is 0 Å². The van der Waals surface area contributed by atoms with Gasteiger partial charge in [0.05, 0.1) is 18.8 Å². The minimum atomic E-state index is -0.523. The Bertz CT molecular complexity index is 438. The number of hydrogen-bond donors (Lipinski definition) is 0. The second kappa shape index (κ2) is 6.19. The molecule has 0 aromatic carbocycles. The van der Waals surface area contributed by atoms with Crippen molar-refractivity contribution in [3.63, 3.8) is 0 Å². The van der Waals surface area contributed by atoms with Crippen LogP contribution in [-0.2, 0) is 7.05 Å². The number of aromatic nitrogens is 2. The van der Waals surface area contributed by atoms with Crippen molar-refractivity contribution in [3.05, 3.63) is 11.9 Å². The number of hydrogen-bond acceptors (Lipinski definition) is 4. The minimum absolute atomic E-state index is 0.0653. The molecule has 5 nitrogen and oxygen atoms in total. The van der Waals surface area contributed by atoms with Gasteiger partial charge in [0.15, 0.2) is 5.75 Å². The number of aryl methyl sites for hydroxylation is 1. The van der Waals surface area contributed by atoms with Gasteiger partial charge in [0.1, 0.15) is 5.69 Å². The van der Waals surface area contributed by atoms with E-state index in [4.69, 9.17) is 4.74 Å². The van der Waals surface area contributed by atoms with E-state index in [9.17, 15) is 4.79 Å². The largest absolute Gasteiger partial charge is 0.493 e. The van der Waals surface area contributed by atoms with E-state index in [-0.39, 0.29) is 5.78 Å². The highest BCUT2D eigenvalue weighted by atomic mass is 16.5. The maximum absolute atomic E-state index is 12.9. The van der Waals surface area contributed by atoms with Gasteiger partial charge in [-0.15, -0.1) is 0 Å². The minimum Gasteiger partial charge on any atom is -0.493 e. The molecular weight excluding hydrogens is 242 g/mol. The molecule has 0 fully saturated rings. The normalized spacial score (nSPS) is 14.5. The molecule has 0 amide bonds. The zero-order chi connectivity index (χ0) is 14.6. The smallest absolute Gasteiger partial charge is 0.204 e. The molecule has 0 N–H and O–H groups in total. The number of rotatable bonds is 7. The summed E-state index contributed by atoms with van der Waals surface area (Å²) in [5.74, 6) is 0.606. The molecule has 1 aromatic rings. The van der Waals surface area contributed by atoms with Crippen LogP contribution in [0.5, 0.6) is 5.75 Å². The van der Waals surface area contributed by atoms with Gasteiger partial charge in [0, 0.05) is 7.05 Å². The Morgan fingerprint density at radius 3 is 2.42 bits per heavy atom. The molecule has 0 radical (unpaired) electrons. The van der Waals surface area contributed by atoms with Crippen molar-refractivity contribution in [2.24, 2.45) is 7.05 Å². The van der Waals surface area contributed by atoms with Crippen molar-refractivity contribution in [3.8, 4) is 5.75 Å². The molecule has 0 saturated carbocycles. The summed E-state index contributed by atoms with van der Waals surface area (Å²) >= 11 is 0. The molecule has 1 heterocycles. The van der Waals surface area contributed by atoms with Crippen molar-refractivity contribution in [2.45, 2.75) is 39.7 Å². The highest BCUT2D eigenvalue weighted by molar-refractivity contribution is 6.03. The van der Waals surface area contributed by atoms with Gasteiger partial charge in [-0.05, 0) is 26.4 Å². The van der Waals surface area contributed by atoms with Crippen molar-refractivity contribution >= 4 is 5.78 Å². The molecule has 0 saturated heterocycles. The average molecular weight is 267 g/mol. The Labute approximate surface area is 115 Å². The third-order valence-corrected chi connectivity index (χ3v) is 3.98. The van der Waals surface area contributed by atoms with Crippen LogP contribution >= 0.6 is 0 Å². The number of Topliss-reactive ketones (excluding diaryl/α,β-unsaturated/α-hetero) is 1. The van der Waals surface area contributed by atoms with Crippen LogP contribution in [0.2, 0.25) is 0 Å². The number of likely N-dealkylation sites (N-methyl/N-ethyl adjacent to an activating group) is 1. The van der Waals surface area contributed by atoms with E-state index < -0.39 is 5.54 Å². The molecule has 0 spiro atoms. The number of ether oxygens (including phenoxy) is 1. The first-order valence-electron chi connectivity index (χ1n) is 6.82. The highest BCUT2D eigenvalue weighted by Crippen LogP contribution is 2.28. The van der Waals surface area contributed by atoms with Gasteiger partial charge < -0.3 is 4.74 Å². The van der Waals surface area contributed by atoms with E-state index in [0.717, 1.165) is 19.5 Å². The van der Waals surface area contributed by atoms with Crippen LogP contribution in [0.4, 0.5) is 0 Å². The van der Waals surface area contributed by atoms with Crippen LogP contribution in [-0.4, -0.2) is 46.2 Å². The van der Waals surface area contributed by atoms with Crippen LogP contribution in [0.3, 0.4) is 0 Å². The summed E-state index contributed by atoms with van der Waals surface area (Å²) < 4.78 is 6.85. The first-order chi connectivity index (χ1) is 8.96. The van der Waals surface area contributed by atoms with Crippen LogP contribution in [0, 0.1) is 0 Å². The summed E-state index contributed by atoms with van der Waals surface area (Å²) in [4.78, 5) is 15.1. The Balaban J connectivity index is 3.25. The Morgan fingerprint density at radius 1 is 1.42 bits per heavy atom. The molecule has 0 aliphatic heterocycles. The summed E-state index contributed by atoms with van der Waals surface area (Å²) in [5.41, 5.74) is 0.0173. The van der Waals surface area contributed by atoms with Crippen molar-refractivity contribution in [2.75, 3.05) is 20.2 Å². The lowest BCUT2D eigenvalue weighted by Gasteiger charge is -2.38. The Hall–Kier alpha value is -1.36. The lowest BCUT2D eigenvalue weighted by atomic mass is 9.88. The zero-order valence-corrected chi connectivity index (χ0v) is 12.9. The van der Waals surface area contributed by atoms with E-state index in [1.54, 1.807) is 25.0 Å². The van der Waals surface area contributed by atoms with Crippen LogP contribution in [0.1, 0.15) is 44.6 Å². The monoisotopic (exact) mass is 267 g/mol. The predicted molar refractivity (Wildman–Crippen MR) is 75.7 cm³/mol. The molecule has 1 atom stereocenters. The fraction of sp³-hybridized carbons (Fsp3) is 0.714. The van der Waals surface area contributed by atoms with Gasteiger partial charge in [-0.2, -0.15) is 5.10 Å². The first-order valence-corrected chi connectivity index (χ1v) is 6.82. The summed E-state index contributed by atoms with van der Waals surface area (Å²) in [7, 11) is 3.34. The van der Waals surface area contributed by atoms with E-state index in [2.05, 4.69) is 23.8 Å². The van der Waals surface area contributed by atoms with Gasteiger partial charge in [0.2, 0.25) is 5.78 Å². The first kappa shape index (κ1) is 15.7. The fourth-order valence-corrected chi connectivity index (χ4v) is 2.53. The van der Waals surface area contributed by atoms with E-state index in [1.807, 2.05) is 13.8 Å².